The highest BCUT2D eigenvalue weighted by atomic mass is 32.2. The molecule has 1 atom stereocenters. The first kappa shape index (κ1) is 11.9. The maximum absolute atomic E-state index is 10.9. The van der Waals surface area contributed by atoms with Gasteiger partial charge >= 0.3 is 0 Å². The molecular formula is C8H10N2OS3. The molecule has 3 nitrogen and oxygen atoms in total. The molecule has 0 saturated carbocycles. The molecule has 1 aromatic rings. The summed E-state index contributed by atoms with van der Waals surface area (Å²) in [5, 5.41) is -0.195. The van der Waals surface area contributed by atoms with E-state index >= 15 is 0 Å². The van der Waals surface area contributed by atoms with Crippen molar-refractivity contribution in [3.05, 3.63) is 30.1 Å². The van der Waals surface area contributed by atoms with Gasteiger partial charge in [-0.05, 0) is 17.7 Å². The summed E-state index contributed by atoms with van der Waals surface area (Å²) in [7, 11) is 0. The van der Waals surface area contributed by atoms with Gasteiger partial charge in [0.1, 0.15) is 0 Å². The minimum absolute atomic E-state index is 0.185. The first-order valence-corrected chi connectivity index (χ1v) is 5.14. The van der Waals surface area contributed by atoms with Gasteiger partial charge in [0.2, 0.25) is 0 Å². The Labute approximate surface area is 99.4 Å². The molecule has 0 aromatic carbocycles. The largest absolute Gasteiger partial charge is 0.287 e. The fraction of sp³-hybridized carbons (Fsp3) is 0.250. The zero-order valence-corrected chi connectivity index (χ0v) is 9.92. The number of hydrogen-bond donors (Lipinski definition) is 3. The van der Waals surface area contributed by atoms with Gasteiger partial charge in [-0.3, -0.25) is 9.78 Å². The van der Waals surface area contributed by atoms with Gasteiger partial charge in [0.25, 0.3) is 0 Å². The summed E-state index contributed by atoms with van der Waals surface area (Å²) in [6.07, 6.45) is 3.59. The summed E-state index contributed by atoms with van der Waals surface area (Å²) in [6, 6.07) is 3.46. The Hall–Kier alpha value is -0.170. The van der Waals surface area contributed by atoms with Gasteiger partial charge in [-0.1, -0.05) is 25.6 Å². The van der Waals surface area contributed by atoms with Crippen molar-refractivity contribution in [3.8, 4) is 0 Å². The smallest absolute Gasteiger partial charge is 0.187 e. The van der Waals surface area contributed by atoms with E-state index in [1.165, 1.54) is 3.71 Å². The van der Waals surface area contributed by atoms with Crippen LogP contribution in [0, 0.1) is 0 Å². The lowest BCUT2D eigenvalue weighted by molar-refractivity contribution is -0.111. The average molecular weight is 246 g/mol. The molecule has 1 heterocycles. The molecule has 0 aliphatic heterocycles. The van der Waals surface area contributed by atoms with E-state index in [1.807, 2.05) is 12.1 Å². The van der Waals surface area contributed by atoms with Crippen molar-refractivity contribution in [2.24, 2.45) is 0 Å². The lowest BCUT2D eigenvalue weighted by Crippen LogP contribution is -2.13. The second-order valence-corrected chi connectivity index (χ2v) is 4.39. The Kier molecular flexibility index (Phi) is 4.80. The number of pyridine rings is 1. The molecule has 0 amide bonds. The van der Waals surface area contributed by atoms with Crippen molar-refractivity contribution in [3.63, 3.8) is 0 Å². The maximum atomic E-state index is 10.9. The Morgan fingerprint density at radius 1 is 1.43 bits per heavy atom. The monoisotopic (exact) mass is 246 g/mol. The summed E-state index contributed by atoms with van der Waals surface area (Å²) < 4.78 is 1.39. The fourth-order valence-electron chi connectivity index (χ4n) is 1.08. The van der Waals surface area contributed by atoms with Crippen LogP contribution in [-0.4, -0.2) is 13.8 Å². The number of hydrogen-bond acceptors (Lipinski definition) is 5. The van der Waals surface area contributed by atoms with E-state index in [2.05, 4.69) is 43.2 Å². The molecule has 1 rings (SSSR count). The van der Waals surface area contributed by atoms with Crippen molar-refractivity contribution < 1.29 is 4.79 Å². The number of thiol groups is 3. The molecule has 0 aliphatic carbocycles. The summed E-state index contributed by atoms with van der Waals surface area (Å²) in [5.74, 6) is 0. The van der Waals surface area contributed by atoms with Gasteiger partial charge in [-0.25, -0.2) is 0 Å². The lowest BCUT2D eigenvalue weighted by atomic mass is 10.1. The third-order valence-electron chi connectivity index (χ3n) is 1.74. The van der Waals surface area contributed by atoms with Crippen molar-refractivity contribution in [1.29, 1.82) is 0 Å². The topological polar surface area (TPSA) is 33.2 Å². The van der Waals surface area contributed by atoms with E-state index in [1.54, 1.807) is 12.4 Å². The third-order valence-corrected chi connectivity index (χ3v) is 2.48. The summed E-state index contributed by atoms with van der Waals surface area (Å²) in [4.78, 5) is 14.8. The molecule has 0 bridgehead atoms. The number of nitrogens with zero attached hydrogens (tertiary/aromatic N) is 2. The molecule has 0 N–H and O–H groups in total. The second kappa shape index (κ2) is 5.65. The van der Waals surface area contributed by atoms with Crippen LogP contribution in [0.15, 0.2) is 24.5 Å². The lowest BCUT2D eigenvalue weighted by Gasteiger charge is -2.20. The predicted octanol–water partition coefficient (Wildman–Crippen LogP) is 1.96. The molecule has 1 unspecified atom stereocenters. The quantitative estimate of drug-likeness (QED) is 0.710. The molecular weight excluding hydrogens is 236 g/mol. The SMILES string of the molecule is O=C(S)CC(c1ccncc1)N(S)S. The number of carbonyl (C=O) groups is 1. The highest BCUT2D eigenvalue weighted by Crippen LogP contribution is 2.27. The average Bonchev–Trinajstić information content (AvgIpc) is 2.15. The van der Waals surface area contributed by atoms with Gasteiger partial charge in [-0.15, -0.1) is 12.6 Å². The van der Waals surface area contributed by atoms with Crippen molar-refractivity contribution in [2.45, 2.75) is 12.5 Å². The van der Waals surface area contributed by atoms with Crippen LogP contribution in [0.3, 0.4) is 0 Å². The third kappa shape index (κ3) is 3.53. The second-order valence-electron chi connectivity index (χ2n) is 2.71. The summed E-state index contributed by atoms with van der Waals surface area (Å²) in [5.41, 5.74) is 0.937. The molecule has 76 valence electrons. The predicted molar refractivity (Wildman–Crippen MR) is 65.4 cm³/mol. The van der Waals surface area contributed by atoms with Crippen molar-refractivity contribution in [2.75, 3.05) is 0 Å². The van der Waals surface area contributed by atoms with Crippen LogP contribution in [0.5, 0.6) is 0 Å². The zero-order chi connectivity index (χ0) is 10.6. The molecule has 1 aromatic heterocycles. The van der Waals surface area contributed by atoms with Crippen LogP contribution in [0.1, 0.15) is 18.0 Å². The minimum atomic E-state index is -0.195. The highest BCUT2D eigenvalue weighted by molar-refractivity contribution is 7.96. The molecule has 0 fully saturated rings. The molecule has 0 aliphatic rings. The van der Waals surface area contributed by atoms with E-state index in [-0.39, 0.29) is 17.6 Å². The standard InChI is InChI=1S/C8H10N2OS3/c11-8(12)5-7(10(13)14)6-1-3-9-4-2-6/h1-4,7,13-14H,5H2,(H,11,12). The van der Waals surface area contributed by atoms with E-state index in [0.717, 1.165) is 5.56 Å². The van der Waals surface area contributed by atoms with Crippen LogP contribution in [0.25, 0.3) is 0 Å². The van der Waals surface area contributed by atoms with Gasteiger partial charge < -0.3 is 0 Å². The Bertz CT molecular complexity index is 305. The van der Waals surface area contributed by atoms with Gasteiger partial charge in [-0.2, -0.15) is 3.71 Å². The van der Waals surface area contributed by atoms with E-state index in [4.69, 9.17) is 0 Å². The van der Waals surface area contributed by atoms with E-state index in [9.17, 15) is 4.79 Å². The van der Waals surface area contributed by atoms with Crippen LogP contribution in [-0.2, 0) is 4.79 Å². The zero-order valence-electron chi connectivity index (χ0n) is 7.24. The maximum Gasteiger partial charge on any atom is 0.187 e. The van der Waals surface area contributed by atoms with Crippen LogP contribution < -0.4 is 0 Å². The van der Waals surface area contributed by atoms with Crippen LogP contribution in [0.2, 0.25) is 0 Å². The Balaban J connectivity index is 2.83. The number of aromatic nitrogens is 1. The van der Waals surface area contributed by atoms with Crippen molar-refractivity contribution >= 4 is 43.4 Å². The molecule has 6 heteroatoms. The number of rotatable bonds is 4. The Morgan fingerprint density at radius 3 is 2.43 bits per heavy atom. The molecule has 0 radical (unpaired) electrons. The van der Waals surface area contributed by atoms with Gasteiger partial charge in [0.15, 0.2) is 5.12 Å². The van der Waals surface area contributed by atoms with Crippen molar-refractivity contribution in [1.82, 2.24) is 8.69 Å². The van der Waals surface area contributed by atoms with Crippen LogP contribution in [0.4, 0.5) is 0 Å². The highest BCUT2D eigenvalue weighted by Gasteiger charge is 2.17. The van der Waals surface area contributed by atoms with E-state index in [0.29, 0.717) is 0 Å². The fourth-order valence-corrected chi connectivity index (χ4v) is 1.69. The number of carbonyl (C=O) groups excluding carboxylic acids is 1. The first-order valence-electron chi connectivity index (χ1n) is 3.90. The minimum Gasteiger partial charge on any atom is -0.287 e. The van der Waals surface area contributed by atoms with Gasteiger partial charge in [0, 0.05) is 18.8 Å². The summed E-state index contributed by atoms with van der Waals surface area (Å²) in [6.45, 7) is 0. The first-order chi connectivity index (χ1) is 6.61. The van der Waals surface area contributed by atoms with Crippen LogP contribution >= 0.6 is 38.3 Å². The normalized spacial score (nSPS) is 12.9. The summed E-state index contributed by atoms with van der Waals surface area (Å²) >= 11 is 11.9. The molecule has 14 heavy (non-hydrogen) atoms. The molecule has 0 saturated heterocycles. The Morgan fingerprint density at radius 2 is 2.00 bits per heavy atom. The van der Waals surface area contributed by atoms with E-state index < -0.39 is 0 Å². The van der Waals surface area contributed by atoms with Gasteiger partial charge in [0.05, 0.1) is 6.04 Å². The molecule has 0 spiro atoms.